The molecule has 0 radical (unpaired) electrons. The molecule has 0 aliphatic heterocycles. The summed E-state index contributed by atoms with van der Waals surface area (Å²) in [6, 6.07) is 0.392. The highest BCUT2D eigenvalue weighted by Crippen LogP contribution is 2.46. The molecule has 232 valence electrons. The highest BCUT2D eigenvalue weighted by Gasteiger charge is 2.45. The largest absolute Gasteiger partial charge is 0.435 e. The second-order valence-electron chi connectivity index (χ2n) is 13.1. The van der Waals surface area contributed by atoms with E-state index in [2.05, 4.69) is 10.4 Å². The van der Waals surface area contributed by atoms with Crippen molar-refractivity contribution >= 4 is 29.1 Å². The zero-order valence-corrected chi connectivity index (χ0v) is 25.5. The van der Waals surface area contributed by atoms with Crippen LogP contribution in [0.15, 0.2) is 18.6 Å². The van der Waals surface area contributed by atoms with E-state index in [9.17, 15) is 18.0 Å². The zero-order chi connectivity index (χ0) is 29.8. The molecule has 12 heteroatoms. The number of alkyl halides is 5. The van der Waals surface area contributed by atoms with Crippen LogP contribution in [0.4, 0.5) is 13.2 Å². The highest BCUT2D eigenvalue weighted by molar-refractivity contribution is 6.30. The van der Waals surface area contributed by atoms with E-state index in [-0.39, 0.29) is 40.1 Å². The first-order valence-corrected chi connectivity index (χ1v) is 16.4. The molecular formula is C30H41Cl2F3N6O. The summed E-state index contributed by atoms with van der Waals surface area (Å²) in [6.45, 7) is 2.61. The van der Waals surface area contributed by atoms with Gasteiger partial charge in [-0.1, -0.05) is 0 Å². The molecular weight excluding hydrogens is 588 g/mol. The van der Waals surface area contributed by atoms with Gasteiger partial charge in [-0.15, -0.1) is 23.2 Å². The van der Waals surface area contributed by atoms with E-state index in [1.165, 1.54) is 10.9 Å². The van der Waals surface area contributed by atoms with Crippen LogP contribution in [0.1, 0.15) is 94.3 Å². The average Bonchev–Trinajstić information content (AvgIpc) is 3.89. The van der Waals surface area contributed by atoms with Gasteiger partial charge in [0.2, 0.25) is 11.5 Å². The first kappa shape index (κ1) is 30.1. The van der Waals surface area contributed by atoms with Crippen LogP contribution >= 0.6 is 23.2 Å². The molecule has 0 aromatic carbocycles. The average molecular weight is 630 g/mol. The molecule has 4 aliphatic carbocycles. The van der Waals surface area contributed by atoms with E-state index in [0.29, 0.717) is 49.9 Å². The van der Waals surface area contributed by atoms with E-state index in [0.717, 1.165) is 44.9 Å². The topological polar surface area (TPSA) is 80.6 Å². The highest BCUT2D eigenvalue weighted by atomic mass is 35.5. The lowest BCUT2D eigenvalue weighted by Gasteiger charge is -2.38. The predicted octanol–water partition coefficient (Wildman–Crippen LogP) is 6.45. The summed E-state index contributed by atoms with van der Waals surface area (Å²) in [6.07, 6.45) is 9.00. The van der Waals surface area contributed by atoms with Gasteiger partial charge in [-0.2, -0.15) is 18.3 Å². The third kappa shape index (κ3) is 6.44. The number of carbonyl (C=O) groups excluding carboxylic acids is 1. The summed E-state index contributed by atoms with van der Waals surface area (Å²) >= 11 is 12.9. The number of aryl methyl sites for hydroxylation is 1. The summed E-state index contributed by atoms with van der Waals surface area (Å²) in [7, 11) is 0. The molecule has 2 N–H and O–H groups in total. The van der Waals surface area contributed by atoms with Gasteiger partial charge in [-0.25, -0.2) is 0 Å². The maximum atomic E-state index is 14.1. The lowest BCUT2D eigenvalue weighted by Crippen LogP contribution is -2.48. The van der Waals surface area contributed by atoms with Crippen molar-refractivity contribution in [3.8, 4) is 0 Å². The third-order valence-corrected chi connectivity index (χ3v) is 11.1. The van der Waals surface area contributed by atoms with Crippen molar-refractivity contribution in [2.45, 2.75) is 119 Å². The number of nitrogens with zero attached hydrogens (tertiary/aromatic N) is 4. The molecule has 1 amide bonds. The Morgan fingerprint density at radius 2 is 1.79 bits per heavy atom. The molecule has 7 nitrogen and oxygen atoms in total. The predicted molar refractivity (Wildman–Crippen MR) is 154 cm³/mol. The van der Waals surface area contributed by atoms with Crippen LogP contribution in [0.25, 0.3) is 0 Å². The first-order chi connectivity index (χ1) is 20.0. The van der Waals surface area contributed by atoms with E-state index in [1.54, 1.807) is 6.92 Å². The zero-order valence-electron chi connectivity index (χ0n) is 24.0. The van der Waals surface area contributed by atoms with E-state index < -0.39 is 23.7 Å². The Morgan fingerprint density at radius 3 is 2.43 bits per heavy atom. The fourth-order valence-corrected chi connectivity index (χ4v) is 8.06. The van der Waals surface area contributed by atoms with Crippen molar-refractivity contribution < 1.29 is 18.0 Å². The summed E-state index contributed by atoms with van der Waals surface area (Å²) in [5.74, 6) is -0.296. The molecule has 6 unspecified atom stereocenters. The van der Waals surface area contributed by atoms with Crippen LogP contribution in [-0.4, -0.2) is 41.6 Å². The molecule has 2 heterocycles. The number of rotatable bonds is 9. The van der Waals surface area contributed by atoms with Gasteiger partial charge in [-0.3, -0.25) is 14.9 Å². The fraction of sp³-hybridized carbons (Fsp3) is 0.767. The third-order valence-electron chi connectivity index (χ3n) is 10.00. The second kappa shape index (κ2) is 11.9. The minimum Gasteiger partial charge on any atom is -0.353 e. The maximum absolute atomic E-state index is 14.1. The number of amides is 1. The SMILES string of the molecule is CCn1cc(C2CC(Cn3ccn(C4CC4)c3=N)CC(C(=O)N[C@@H](C3CC3)C3CCC(Cl)C(Cl)C3)C2)c(C(F)(F)F)n1. The van der Waals surface area contributed by atoms with Crippen molar-refractivity contribution in [3.63, 3.8) is 0 Å². The van der Waals surface area contributed by atoms with Crippen LogP contribution in [0.2, 0.25) is 0 Å². The second-order valence-corrected chi connectivity index (χ2v) is 14.3. The van der Waals surface area contributed by atoms with Gasteiger partial charge in [0.15, 0.2) is 5.69 Å². The monoisotopic (exact) mass is 628 g/mol. The number of nitrogens with one attached hydrogen (secondary N) is 2. The Labute approximate surface area is 254 Å². The van der Waals surface area contributed by atoms with Crippen LogP contribution in [0.5, 0.6) is 0 Å². The fourth-order valence-electron chi connectivity index (χ4n) is 7.48. The van der Waals surface area contributed by atoms with Gasteiger partial charge in [0.25, 0.3) is 0 Å². The van der Waals surface area contributed by atoms with Crippen molar-refractivity contribution in [3.05, 3.63) is 35.5 Å². The molecule has 6 rings (SSSR count). The normalized spacial score (nSPS) is 31.2. The van der Waals surface area contributed by atoms with Gasteiger partial charge < -0.3 is 14.5 Å². The van der Waals surface area contributed by atoms with Gasteiger partial charge in [0, 0.05) is 60.6 Å². The summed E-state index contributed by atoms with van der Waals surface area (Å²) in [4.78, 5) is 14.0. The van der Waals surface area contributed by atoms with Gasteiger partial charge in [0.1, 0.15) is 0 Å². The number of imidazole rings is 1. The van der Waals surface area contributed by atoms with Gasteiger partial charge in [0.05, 0.1) is 5.38 Å². The number of hydrogen-bond acceptors (Lipinski definition) is 3. The Hall–Kier alpha value is -1.94. The molecule has 4 fully saturated rings. The smallest absolute Gasteiger partial charge is 0.353 e. The Bertz CT molecular complexity index is 1330. The van der Waals surface area contributed by atoms with Crippen LogP contribution in [0, 0.1) is 29.1 Å². The molecule has 4 saturated carbocycles. The van der Waals surface area contributed by atoms with Crippen LogP contribution < -0.4 is 10.9 Å². The summed E-state index contributed by atoms with van der Waals surface area (Å²) in [5.41, 5.74) is -0.248. The standard InChI is InChI=1S/C30H41Cl2F3N6O/c1-2-40-16-23(27(38-40)30(33,34)35)20-11-17(15-39-9-10-41(29(39)36)22-6-7-22)12-21(13-20)28(42)37-26(18-3-4-18)19-5-8-24(31)25(32)14-19/h9-10,16-22,24-26,36H,2-8,11-15H2,1H3,(H,37,42)/t17?,19?,20?,21?,24?,25?,26-/m0/s1. The van der Waals surface area contributed by atoms with Crippen molar-refractivity contribution in [2.75, 3.05) is 0 Å². The molecule has 0 saturated heterocycles. The van der Waals surface area contributed by atoms with Crippen LogP contribution in [-0.2, 0) is 24.1 Å². The first-order valence-electron chi connectivity index (χ1n) is 15.6. The molecule has 0 bridgehead atoms. The van der Waals surface area contributed by atoms with Crippen molar-refractivity contribution in [1.29, 1.82) is 5.41 Å². The molecule has 4 aliphatic rings. The quantitative estimate of drug-likeness (QED) is 0.313. The molecule has 2 aromatic rings. The van der Waals surface area contributed by atoms with E-state index >= 15 is 0 Å². The van der Waals surface area contributed by atoms with Crippen LogP contribution in [0.3, 0.4) is 0 Å². The summed E-state index contributed by atoms with van der Waals surface area (Å²) < 4.78 is 47.6. The molecule has 42 heavy (non-hydrogen) atoms. The minimum absolute atomic E-state index is 0.0251. The number of carbonyl (C=O) groups is 1. The maximum Gasteiger partial charge on any atom is 0.435 e. The van der Waals surface area contributed by atoms with Crippen molar-refractivity contribution in [1.82, 2.24) is 24.2 Å². The van der Waals surface area contributed by atoms with Crippen molar-refractivity contribution in [2.24, 2.45) is 23.7 Å². The Kier molecular flexibility index (Phi) is 8.50. The minimum atomic E-state index is -4.57. The molecule has 2 aromatic heterocycles. The molecule has 7 atom stereocenters. The molecule has 0 spiro atoms. The van der Waals surface area contributed by atoms with E-state index in [1.807, 2.05) is 21.5 Å². The van der Waals surface area contributed by atoms with E-state index in [4.69, 9.17) is 28.6 Å². The Morgan fingerprint density at radius 1 is 1.05 bits per heavy atom. The lowest BCUT2D eigenvalue weighted by atomic mass is 9.72. The Balaban J connectivity index is 1.25. The van der Waals surface area contributed by atoms with Gasteiger partial charge >= 0.3 is 6.18 Å². The number of hydrogen-bond donors (Lipinski definition) is 2. The number of aromatic nitrogens is 4. The van der Waals surface area contributed by atoms with Gasteiger partial charge in [-0.05, 0) is 94.8 Å². The summed E-state index contributed by atoms with van der Waals surface area (Å²) in [5, 5.41) is 15.7. The lowest BCUT2D eigenvalue weighted by molar-refractivity contribution is -0.142. The number of halogens is 5.